The molecule has 1 rings (SSSR count). The molecule has 0 aliphatic rings. The number of aliphatic hydroxyl groups excluding tert-OH is 1. The summed E-state index contributed by atoms with van der Waals surface area (Å²) in [5.74, 6) is 0.289. The van der Waals surface area contributed by atoms with E-state index in [1.54, 1.807) is 0 Å². The van der Waals surface area contributed by atoms with Crippen LogP contribution < -0.4 is 0 Å². The average molecular weight is 241 g/mol. The van der Waals surface area contributed by atoms with Crippen LogP contribution in [0.3, 0.4) is 0 Å². The fourth-order valence-electron chi connectivity index (χ4n) is 1.04. The summed E-state index contributed by atoms with van der Waals surface area (Å²) in [6.45, 7) is 4.02. The van der Waals surface area contributed by atoms with Crippen LogP contribution in [0.15, 0.2) is 30.3 Å². The minimum absolute atomic E-state index is 0. The predicted octanol–water partition coefficient (Wildman–Crippen LogP) is 2.37. The first kappa shape index (κ1) is 12.1. The molecule has 0 radical (unpaired) electrons. The van der Waals surface area contributed by atoms with Crippen molar-refractivity contribution in [3.63, 3.8) is 0 Å². The van der Waals surface area contributed by atoms with Crippen molar-refractivity contribution in [1.29, 1.82) is 0 Å². The summed E-state index contributed by atoms with van der Waals surface area (Å²) in [5, 5.41) is 9.60. The molecule has 2 heteroatoms. The zero-order valence-electron chi connectivity index (χ0n) is 7.49. The Morgan fingerprint density at radius 1 is 1.08 bits per heavy atom. The molecule has 1 unspecified atom stereocenters. The van der Waals surface area contributed by atoms with Crippen LogP contribution in [0.5, 0.6) is 0 Å². The summed E-state index contributed by atoms with van der Waals surface area (Å²) in [5.41, 5.74) is 1.00. The van der Waals surface area contributed by atoms with Crippen LogP contribution >= 0.6 is 0 Å². The molecule has 1 nitrogen and oxygen atoms in total. The summed E-state index contributed by atoms with van der Waals surface area (Å²) < 4.78 is 0. The average Bonchev–Trinajstić information content (AvgIpc) is 2.05. The van der Waals surface area contributed by atoms with Gasteiger partial charge in [0, 0.05) is 26.2 Å². The van der Waals surface area contributed by atoms with E-state index in [-0.39, 0.29) is 38.2 Å². The molecule has 0 aliphatic carbocycles. The van der Waals surface area contributed by atoms with Crippen molar-refractivity contribution in [2.45, 2.75) is 20.0 Å². The van der Waals surface area contributed by atoms with Crippen LogP contribution in [0.1, 0.15) is 25.5 Å². The van der Waals surface area contributed by atoms with Crippen LogP contribution in [0.4, 0.5) is 0 Å². The third kappa shape index (κ3) is 3.20. The molecule has 1 atom stereocenters. The maximum absolute atomic E-state index is 9.60. The van der Waals surface area contributed by atoms with Crippen LogP contribution in [0, 0.1) is 5.92 Å². The van der Waals surface area contributed by atoms with Gasteiger partial charge in [-0.15, -0.1) is 0 Å². The summed E-state index contributed by atoms with van der Waals surface area (Å²) in [6.07, 6.45) is -0.323. The van der Waals surface area contributed by atoms with Crippen molar-refractivity contribution in [2.24, 2.45) is 5.92 Å². The van der Waals surface area contributed by atoms with Crippen molar-refractivity contribution in [3.05, 3.63) is 35.9 Å². The van der Waals surface area contributed by atoms with Crippen molar-refractivity contribution in [3.8, 4) is 0 Å². The molecule has 0 bridgehead atoms. The number of benzene rings is 1. The molecule has 1 aromatic carbocycles. The fourth-order valence-corrected chi connectivity index (χ4v) is 1.04. The maximum atomic E-state index is 9.60. The van der Waals surface area contributed by atoms with Crippen molar-refractivity contribution >= 4 is 0 Å². The predicted molar refractivity (Wildman–Crippen MR) is 46.2 cm³/mol. The summed E-state index contributed by atoms with van der Waals surface area (Å²) in [7, 11) is 0. The first-order chi connectivity index (χ1) is 5.22. The van der Waals surface area contributed by atoms with Gasteiger partial charge in [0.2, 0.25) is 0 Å². The molecule has 0 amide bonds. The quantitative estimate of drug-likeness (QED) is 0.843. The van der Waals surface area contributed by atoms with E-state index in [9.17, 15) is 5.11 Å². The van der Waals surface area contributed by atoms with Gasteiger partial charge in [-0.25, -0.2) is 0 Å². The van der Waals surface area contributed by atoms with E-state index in [0.29, 0.717) is 0 Å². The Morgan fingerprint density at radius 3 is 2.00 bits per heavy atom. The second-order valence-electron chi connectivity index (χ2n) is 3.10. The Morgan fingerprint density at radius 2 is 1.58 bits per heavy atom. The molecule has 0 saturated carbocycles. The molecule has 64 valence electrons. The molecular weight excluding hydrogens is 227 g/mol. The second kappa shape index (κ2) is 5.66. The molecule has 0 fully saturated rings. The minimum atomic E-state index is -0.323. The third-order valence-electron chi connectivity index (χ3n) is 1.77. The monoisotopic (exact) mass is 240 g/mol. The first-order valence-corrected chi connectivity index (χ1v) is 3.95. The van der Waals surface area contributed by atoms with Gasteiger partial charge in [-0.1, -0.05) is 44.2 Å². The van der Waals surface area contributed by atoms with Gasteiger partial charge < -0.3 is 5.11 Å². The van der Waals surface area contributed by atoms with E-state index in [0.717, 1.165) is 5.56 Å². The molecule has 1 N–H and O–H groups in total. The van der Waals surface area contributed by atoms with Gasteiger partial charge in [0.15, 0.2) is 0 Å². The second-order valence-corrected chi connectivity index (χ2v) is 3.10. The largest absolute Gasteiger partial charge is 0.388 e. The summed E-state index contributed by atoms with van der Waals surface area (Å²) in [4.78, 5) is 0. The van der Waals surface area contributed by atoms with Crippen LogP contribution in [0.2, 0.25) is 0 Å². The van der Waals surface area contributed by atoms with E-state index in [1.807, 2.05) is 44.2 Å². The number of rotatable bonds is 2. The van der Waals surface area contributed by atoms with Crippen molar-refractivity contribution in [2.75, 3.05) is 0 Å². The van der Waals surface area contributed by atoms with Gasteiger partial charge >= 0.3 is 0 Å². The smallest absolute Gasteiger partial charge is 0.0812 e. The molecule has 0 saturated heterocycles. The third-order valence-corrected chi connectivity index (χ3v) is 1.77. The SMILES string of the molecule is CC(C)C(O)c1ccccc1.[Zr]. The van der Waals surface area contributed by atoms with E-state index < -0.39 is 0 Å². The normalized spacial score (nSPS) is 12.3. The Hall–Kier alpha value is 0.0631. The molecule has 12 heavy (non-hydrogen) atoms. The van der Waals surface area contributed by atoms with E-state index in [4.69, 9.17) is 0 Å². The Bertz CT molecular complexity index is 208. The molecular formula is C10H14OZr. The first-order valence-electron chi connectivity index (χ1n) is 3.95. The Kier molecular flexibility index (Phi) is 5.69. The fraction of sp³-hybridized carbons (Fsp3) is 0.400. The van der Waals surface area contributed by atoms with Crippen molar-refractivity contribution in [1.82, 2.24) is 0 Å². The molecule has 0 aromatic heterocycles. The van der Waals surface area contributed by atoms with Crippen LogP contribution in [-0.4, -0.2) is 5.11 Å². The van der Waals surface area contributed by atoms with Gasteiger partial charge in [0.1, 0.15) is 0 Å². The van der Waals surface area contributed by atoms with Crippen LogP contribution in [-0.2, 0) is 26.2 Å². The standard InChI is InChI=1S/C10H14O.Zr/c1-8(2)10(11)9-6-4-3-5-7-9;/h3-8,10-11H,1-2H3;. The molecule has 0 aliphatic heterocycles. The number of hydrogen-bond donors (Lipinski definition) is 1. The van der Waals surface area contributed by atoms with Crippen LogP contribution in [0.25, 0.3) is 0 Å². The van der Waals surface area contributed by atoms with E-state index in [1.165, 1.54) is 0 Å². The van der Waals surface area contributed by atoms with Gasteiger partial charge in [-0.3, -0.25) is 0 Å². The number of hydrogen-bond acceptors (Lipinski definition) is 1. The van der Waals surface area contributed by atoms with E-state index >= 15 is 0 Å². The topological polar surface area (TPSA) is 20.2 Å². The molecule has 0 spiro atoms. The summed E-state index contributed by atoms with van der Waals surface area (Å²) in [6, 6.07) is 9.74. The zero-order chi connectivity index (χ0) is 8.27. The van der Waals surface area contributed by atoms with E-state index in [2.05, 4.69) is 0 Å². The maximum Gasteiger partial charge on any atom is 0.0812 e. The minimum Gasteiger partial charge on any atom is -0.388 e. The Labute approximate surface area is 92.9 Å². The molecule has 1 aromatic rings. The number of aliphatic hydroxyl groups is 1. The van der Waals surface area contributed by atoms with Gasteiger partial charge in [0.25, 0.3) is 0 Å². The van der Waals surface area contributed by atoms with Gasteiger partial charge in [-0.2, -0.15) is 0 Å². The molecule has 0 heterocycles. The van der Waals surface area contributed by atoms with Gasteiger partial charge in [0.05, 0.1) is 6.10 Å². The Balaban J connectivity index is 0.00000121. The zero-order valence-corrected chi connectivity index (χ0v) is 9.95. The van der Waals surface area contributed by atoms with Gasteiger partial charge in [-0.05, 0) is 11.5 Å². The van der Waals surface area contributed by atoms with Crippen molar-refractivity contribution < 1.29 is 31.3 Å². The summed E-state index contributed by atoms with van der Waals surface area (Å²) >= 11 is 0.